The Bertz CT molecular complexity index is 185. The molecule has 1 fully saturated rings. The highest BCUT2D eigenvalue weighted by molar-refractivity contribution is 6.03. The number of carbonyl (C=O) groups excluding carboxylic acids is 2. The van der Waals surface area contributed by atoms with Gasteiger partial charge in [-0.3, -0.25) is 4.79 Å². The van der Waals surface area contributed by atoms with Crippen LogP contribution in [0.2, 0.25) is 0 Å². The van der Waals surface area contributed by atoms with Gasteiger partial charge >= 0.3 is 0 Å². The molecule has 3 nitrogen and oxygen atoms in total. The Balaban J connectivity index is 2.86. The van der Waals surface area contributed by atoms with Crippen LogP contribution in [0, 0.1) is 5.41 Å². The first-order valence-electron chi connectivity index (χ1n) is 3.32. The van der Waals surface area contributed by atoms with Gasteiger partial charge in [-0.25, -0.2) is 0 Å². The minimum atomic E-state index is -1.23. The molecule has 56 valence electrons. The fourth-order valence-electron chi connectivity index (χ4n) is 1.23. The lowest BCUT2D eigenvalue weighted by molar-refractivity contribution is -0.315. The Morgan fingerprint density at radius 3 is 2.50 bits per heavy atom. The van der Waals surface area contributed by atoms with Gasteiger partial charge in [-0.15, -0.1) is 0 Å². The van der Waals surface area contributed by atoms with Crippen LogP contribution in [-0.2, 0) is 9.59 Å². The summed E-state index contributed by atoms with van der Waals surface area (Å²) in [5, 5.41) is 10.4. The van der Waals surface area contributed by atoms with E-state index in [-0.39, 0.29) is 5.78 Å². The monoisotopic (exact) mass is 141 g/mol. The first-order chi connectivity index (χ1) is 4.57. The van der Waals surface area contributed by atoms with Crippen LogP contribution in [0.1, 0.15) is 26.2 Å². The third-order valence-corrected chi connectivity index (χ3v) is 2.15. The van der Waals surface area contributed by atoms with Gasteiger partial charge < -0.3 is 9.90 Å². The highest BCUT2D eigenvalue weighted by Gasteiger charge is 2.38. The zero-order valence-electron chi connectivity index (χ0n) is 5.85. The summed E-state index contributed by atoms with van der Waals surface area (Å²) in [5.41, 5.74) is -1.18. The maximum absolute atomic E-state index is 10.9. The van der Waals surface area contributed by atoms with E-state index >= 15 is 0 Å². The van der Waals surface area contributed by atoms with E-state index < -0.39 is 11.4 Å². The Hall–Kier alpha value is -0.860. The molecular formula is C7H9O3-. The molecule has 1 unspecified atom stereocenters. The molecule has 0 aliphatic heterocycles. The van der Waals surface area contributed by atoms with Gasteiger partial charge in [0.1, 0.15) is 5.78 Å². The molecule has 0 heterocycles. The van der Waals surface area contributed by atoms with Crippen LogP contribution in [0.5, 0.6) is 0 Å². The van der Waals surface area contributed by atoms with E-state index in [9.17, 15) is 14.7 Å². The zero-order valence-corrected chi connectivity index (χ0v) is 5.85. The summed E-state index contributed by atoms with van der Waals surface area (Å²) in [6, 6.07) is 0. The van der Waals surface area contributed by atoms with Crippen molar-refractivity contribution in [3.63, 3.8) is 0 Å². The second-order valence-electron chi connectivity index (χ2n) is 2.90. The topological polar surface area (TPSA) is 57.2 Å². The maximum atomic E-state index is 10.9. The molecular weight excluding hydrogens is 132 g/mol. The van der Waals surface area contributed by atoms with Crippen LogP contribution in [0.15, 0.2) is 0 Å². The minimum Gasteiger partial charge on any atom is -0.549 e. The molecule has 0 amide bonds. The SMILES string of the molecule is CC1(C(=O)[O-])CCCC1=O. The number of carboxylic acid groups (broad SMARTS) is 1. The molecule has 1 atom stereocenters. The summed E-state index contributed by atoms with van der Waals surface area (Å²) in [6.45, 7) is 1.44. The Morgan fingerprint density at radius 1 is 1.70 bits per heavy atom. The maximum Gasteiger partial charge on any atom is 0.144 e. The molecule has 1 aliphatic carbocycles. The highest BCUT2D eigenvalue weighted by atomic mass is 16.4. The van der Waals surface area contributed by atoms with Gasteiger partial charge in [0.2, 0.25) is 0 Å². The van der Waals surface area contributed by atoms with E-state index in [2.05, 4.69) is 0 Å². The van der Waals surface area contributed by atoms with Crippen molar-refractivity contribution in [2.75, 3.05) is 0 Å². The van der Waals surface area contributed by atoms with Crippen molar-refractivity contribution >= 4 is 11.8 Å². The molecule has 0 bridgehead atoms. The normalized spacial score (nSPS) is 32.7. The Morgan fingerprint density at radius 2 is 2.30 bits per heavy atom. The van der Waals surface area contributed by atoms with Crippen LogP contribution in [0.3, 0.4) is 0 Å². The molecule has 0 saturated heterocycles. The van der Waals surface area contributed by atoms with Crippen LogP contribution in [0.4, 0.5) is 0 Å². The number of carbonyl (C=O) groups is 2. The number of carboxylic acids is 1. The largest absolute Gasteiger partial charge is 0.549 e. The van der Waals surface area contributed by atoms with Gasteiger partial charge in [-0.2, -0.15) is 0 Å². The number of rotatable bonds is 1. The Kier molecular flexibility index (Phi) is 1.50. The fraction of sp³-hybridized carbons (Fsp3) is 0.714. The van der Waals surface area contributed by atoms with E-state index in [1.807, 2.05) is 0 Å². The lowest BCUT2D eigenvalue weighted by atomic mass is 9.88. The average molecular weight is 141 g/mol. The van der Waals surface area contributed by atoms with Gasteiger partial charge in [0.15, 0.2) is 0 Å². The molecule has 1 saturated carbocycles. The molecule has 0 spiro atoms. The molecule has 3 heteroatoms. The third kappa shape index (κ3) is 0.818. The predicted molar refractivity (Wildman–Crippen MR) is 32.0 cm³/mol. The van der Waals surface area contributed by atoms with Crippen LogP contribution in [0.25, 0.3) is 0 Å². The van der Waals surface area contributed by atoms with Crippen molar-refractivity contribution in [2.24, 2.45) is 5.41 Å². The summed E-state index contributed by atoms with van der Waals surface area (Å²) >= 11 is 0. The van der Waals surface area contributed by atoms with E-state index in [0.29, 0.717) is 19.3 Å². The Labute approximate surface area is 59.0 Å². The van der Waals surface area contributed by atoms with Gasteiger partial charge in [0.25, 0.3) is 0 Å². The van der Waals surface area contributed by atoms with E-state index in [0.717, 1.165) is 0 Å². The average Bonchev–Trinajstić information content (AvgIpc) is 2.15. The summed E-state index contributed by atoms with van der Waals surface area (Å²) in [7, 11) is 0. The highest BCUT2D eigenvalue weighted by Crippen LogP contribution is 2.33. The molecule has 1 aliphatic rings. The molecule has 0 aromatic rings. The zero-order chi connectivity index (χ0) is 7.78. The summed E-state index contributed by atoms with van der Waals surface area (Å²) < 4.78 is 0. The summed E-state index contributed by atoms with van der Waals surface area (Å²) in [5.74, 6) is -1.41. The van der Waals surface area contributed by atoms with Crippen LogP contribution in [-0.4, -0.2) is 11.8 Å². The first kappa shape index (κ1) is 7.25. The fourth-order valence-corrected chi connectivity index (χ4v) is 1.23. The molecule has 0 radical (unpaired) electrons. The second-order valence-corrected chi connectivity index (χ2v) is 2.90. The van der Waals surface area contributed by atoms with Gasteiger partial charge in [0.05, 0.1) is 11.4 Å². The van der Waals surface area contributed by atoms with E-state index in [4.69, 9.17) is 0 Å². The standard InChI is InChI=1S/C7H10O3/c1-7(6(9)10)4-2-3-5(7)8/h2-4H2,1H3,(H,9,10)/p-1. The third-order valence-electron chi connectivity index (χ3n) is 2.15. The van der Waals surface area contributed by atoms with Gasteiger partial charge in [0, 0.05) is 6.42 Å². The van der Waals surface area contributed by atoms with Crippen LogP contribution < -0.4 is 5.11 Å². The number of hydrogen-bond donors (Lipinski definition) is 0. The molecule has 0 aromatic heterocycles. The van der Waals surface area contributed by atoms with Crippen molar-refractivity contribution in [3.05, 3.63) is 0 Å². The van der Waals surface area contributed by atoms with Crippen LogP contribution >= 0.6 is 0 Å². The van der Waals surface area contributed by atoms with Crippen molar-refractivity contribution in [3.8, 4) is 0 Å². The second kappa shape index (κ2) is 2.08. The summed E-state index contributed by atoms with van der Waals surface area (Å²) in [4.78, 5) is 21.3. The summed E-state index contributed by atoms with van der Waals surface area (Å²) in [6.07, 6.45) is 1.52. The molecule has 10 heavy (non-hydrogen) atoms. The molecule has 0 N–H and O–H groups in total. The lowest BCUT2D eigenvalue weighted by Crippen LogP contribution is -2.42. The van der Waals surface area contributed by atoms with Crippen molar-refractivity contribution in [2.45, 2.75) is 26.2 Å². The van der Waals surface area contributed by atoms with Gasteiger partial charge in [-0.05, 0) is 19.8 Å². The van der Waals surface area contributed by atoms with E-state index in [1.165, 1.54) is 6.92 Å². The van der Waals surface area contributed by atoms with E-state index in [1.54, 1.807) is 0 Å². The minimum absolute atomic E-state index is 0.187. The van der Waals surface area contributed by atoms with Gasteiger partial charge in [-0.1, -0.05) is 0 Å². The first-order valence-corrected chi connectivity index (χ1v) is 3.32. The number of aliphatic carboxylic acids is 1. The van der Waals surface area contributed by atoms with Crippen molar-refractivity contribution < 1.29 is 14.7 Å². The smallest absolute Gasteiger partial charge is 0.144 e. The molecule has 1 rings (SSSR count). The predicted octanol–water partition coefficient (Wildman–Crippen LogP) is -0.504. The lowest BCUT2D eigenvalue weighted by Gasteiger charge is -2.22. The van der Waals surface area contributed by atoms with Crippen molar-refractivity contribution in [1.29, 1.82) is 0 Å². The number of hydrogen-bond acceptors (Lipinski definition) is 3. The number of Topliss-reactive ketones (excluding diaryl/α,β-unsaturated/α-hetero) is 1. The number of ketones is 1. The quantitative estimate of drug-likeness (QED) is 0.462. The molecule has 0 aromatic carbocycles. The van der Waals surface area contributed by atoms with Crippen molar-refractivity contribution in [1.82, 2.24) is 0 Å².